The molecule has 2 fully saturated rings. The van der Waals surface area contributed by atoms with Gasteiger partial charge in [0.2, 0.25) is 5.67 Å². The Morgan fingerprint density at radius 1 is 0.500 bits per heavy atom. The van der Waals surface area contributed by atoms with Gasteiger partial charge < -0.3 is 0 Å². The molecule has 142 valence electrons. The predicted molar refractivity (Wildman–Crippen MR) is 51.3 cm³/mol. The lowest BCUT2D eigenvalue weighted by atomic mass is 9.53. The number of alkyl halides is 14. The molecule has 0 radical (unpaired) electrons. The summed E-state index contributed by atoms with van der Waals surface area (Å²) in [5.74, 6) is -36.2. The summed E-state index contributed by atoms with van der Waals surface area (Å²) in [6, 6.07) is 0. The van der Waals surface area contributed by atoms with Crippen LogP contribution in [0.5, 0.6) is 0 Å². The third kappa shape index (κ3) is 1.28. The topological polar surface area (TPSA) is 0 Å². The molecule has 3 unspecified atom stereocenters. The van der Waals surface area contributed by atoms with Crippen molar-refractivity contribution in [3.63, 3.8) is 0 Å². The van der Waals surface area contributed by atoms with E-state index in [9.17, 15) is 57.1 Å². The Morgan fingerprint density at radius 2 is 0.792 bits per heavy atom. The molecule has 2 rings (SSSR count). The molecule has 2 saturated carbocycles. The fourth-order valence-electron chi connectivity index (χ4n) is 2.94. The Hall–Kier alpha value is -0.620. The van der Waals surface area contributed by atoms with E-state index in [2.05, 4.69) is 11.6 Å². The highest BCUT2D eigenvalue weighted by Crippen LogP contribution is 2.79. The Balaban J connectivity index is 2.64. The van der Waals surface area contributed by atoms with E-state index in [1.165, 1.54) is 0 Å². The van der Waals surface area contributed by atoms with Crippen LogP contribution in [0.4, 0.5) is 57.1 Å². The molecule has 24 heavy (non-hydrogen) atoms. The minimum absolute atomic E-state index is 0.600. The van der Waals surface area contributed by atoms with Gasteiger partial charge in [-0.1, -0.05) is 18.5 Å². The van der Waals surface area contributed by atoms with Crippen molar-refractivity contribution < 1.29 is 57.1 Å². The first-order chi connectivity index (χ1) is 10.2. The quantitative estimate of drug-likeness (QED) is 0.440. The maximum absolute atomic E-state index is 14.1. The molecule has 2 aliphatic carbocycles. The van der Waals surface area contributed by atoms with Crippen LogP contribution in [-0.2, 0) is 0 Å². The standard InChI is InChI=1S/C10H4ClF13/c1-2(3(12)5(11,14)9(21,22)6(3,15)16)4(13)7(17,18)10(23,24)8(4,19)20/h2H,1H3. The largest absolute Gasteiger partial charge is 0.379 e. The lowest BCUT2D eigenvalue weighted by molar-refractivity contribution is -0.508. The highest BCUT2D eigenvalue weighted by atomic mass is 35.5. The van der Waals surface area contributed by atoms with E-state index < -0.39 is 58.9 Å². The van der Waals surface area contributed by atoms with Gasteiger partial charge in [-0.3, -0.25) is 0 Å². The van der Waals surface area contributed by atoms with Gasteiger partial charge in [-0.2, -0.15) is 43.9 Å². The van der Waals surface area contributed by atoms with Crippen molar-refractivity contribution >= 4 is 11.6 Å². The van der Waals surface area contributed by atoms with Gasteiger partial charge in [0.05, 0.1) is 0 Å². The lowest BCUT2D eigenvalue weighted by Gasteiger charge is -2.64. The molecule has 0 saturated heterocycles. The van der Waals surface area contributed by atoms with Crippen LogP contribution in [0.3, 0.4) is 0 Å². The molecule has 0 spiro atoms. The lowest BCUT2D eigenvalue weighted by Crippen LogP contribution is -2.93. The molecular weight excluding hydrogens is 403 g/mol. The monoisotopic (exact) mass is 406 g/mol. The Morgan fingerprint density at radius 3 is 1.08 bits per heavy atom. The summed E-state index contributed by atoms with van der Waals surface area (Å²) in [6.07, 6.45) is 0. The van der Waals surface area contributed by atoms with Gasteiger partial charge in [0.25, 0.3) is 10.8 Å². The maximum atomic E-state index is 14.1. The molecule has 0 amide bonds. The third-order valence-electron chi connectivity index (χ3n) is 4.60. The second-order valence-corrected chi connectivity index (χ2v) is 6.11. The van der Waals surface area contributed by atoms with Crippen molar-refractivity contribution in [3.8, 4) is 0 Å². The van der Waals surface area contributed by atoms with Gasteiger partial charge >= 0.3 is 29.6 Å². The minimum Gasteiger partial charge on any atom is -0.231 e. The van der Waals surface area contributed by atoms with Crippen LogP contribution >= 0.6 is 11.6 Å². The maximum Gasteiger partial charge on any atom is 0.379 e. The second kappa shape index (κ2) is 4.03. The molecule has 14 heteroatoms. The zero-order chi connectivity index (χ0) is 19.6. The summed E-state index contributed by atoms with van der Waals surface area (Å²) >= 11 is 4.21. The molecular formula is C10H4ClF13. The van der Waals surface area contributed by atoms with Crippen molar-refractivity contribution in [1.82, 2.24) is 0 Å². The average Bonchev–Trinajstić information content (AvgIpc) is 2.41. The van der Waals surface area contributed by atoms with Crippen LogP contribution < -0.4 is 0 Å². The fraction of sp³-hybridized carbons (Fsp3) is 1.00. The van der Waals surface area contributed by atoms with E-state index in [0.717, 1.165) is 0 Å². The molecule has 0 aromatic rings. The summed E-state index contributed by atoms with van der Waals surface area (Å²) in [5.41, 5.74) is -11.9. The van der Waals surface area contributed by atoms with E-state index in [4.69, 9.17) is 0 Å². The first-order valence-corrected chi connectivity index (χ1v) is 6.18. The SMILES string of the molecule is CC(C1(F)C(F)(F)C(F)(F)C1(F)F)C1(F)C(F)(F)C(F)(F)C1(F)Cl. The van der Waals surface area contributed by atoms with Crippen LogP contribution in [0.2, 0.25) is 0 Å². The summed E-state index contributed by atoms with van der Waals surface area (Å²) in [6.45, 7) is -0.600. The molecule has 2 aliphatic rings. The third-order valence-corrected chi connectivity index (χ3v) is 5.11. The van der Waals surface area contributed by atoms with Crippen LogP contribution in [0.15, 0.2) is 0 Å². The molecule has 3 atom stereocenters. The molecule has 0 aromatic heterocycles. The van der Waals surface area contributed by atoms with Crippen LogP contribution in [0, 0.1) is 5.92 Å². The highest BCUT2D eigenvalue weighted by Gasteiger charge is 3.07. The van der Waals surface area contributed by atoms with Gasteiger partial charge in [-0.25, -0.2) is 13.2 Å². The normalized spacial score (nSPS) is 44.1. The molecule has 0 aliphatic heterocycles. The zero-order valence-electron chi connectivity index (χ0n) is 10.9. The molecule has 0 N–H and O–H groups in total. The van der Waals surface area contributed by atoms with Crippen molar-refractivity contribution in [2.75, 3.05) is 0 Å². The van der Waals surface area contributed by atoms with Crippen molar-refractivity contribution in [1.29, 1.82) is 0 Å². The summed E-state index contributed by atoms with van der Waals surface area (Å²) < 4.78 is 172. The average molecular weight is 407 g/mol. The summed E-state index contributed by atoms with van der Waals surface area (Å²) in [4.78, 5) is 0. The van der Waals surface area contributed by atoms with E-state index in [-0.39, 0.29) is 0 Å². The van der Waals surface area contributed by atoms with E-state index >= 15 is 0 Å². The smallest absolute Gasteiger partial charge is 0.231 e. The molecule has 0 aromatic carbocycles. The number of rotatable bonds is 2. The van der Waals surface area contributed by atoms with Gasteiger partial charge in [-0.05, 0) is 0 Å². The van der Waals surface area contributed by atoms with Gasteiger partial charge in [0.15, 0.2) is 0 Å². The molecule has 0 bridgehead atoms. The molecule has 0 heterocycles. The van der Waals surface area contributed by atoms with Crippen LogP contribution in [-0.4, -0.2) is 46.1 Å². The van der Waals surface area contributed by atoms with Gasteiger partial charge in [0.1, 0.15) is 0 Å². The minimum atomic E-state index is -6.46. The van der Waals surface area contributed by atoms with Crippen molar-refractivity contribution in [2.24, 2.45) is 5.92 Å². The van der Waals surface area contributed by atoms with Crippen molar-refractivity contribution in [3.05, 3.63) is 0 Å². The Bertz CT molecular complexity index is 493. The highest BCUT2D eigenvalue weighted by molar-refractivity contribution is 6.25. The molecule has 0 nitrogen and oxygen atoms in total. The predicted octanol–water partition coefficient (Wildman–Crippen LogP) is 5.15. The number of hydrogen-bond donors (Lipinski definition) is 0. The van der Waals surface area contributed by atoms with E-state index in [1.54, 1.807) is 0 Å². The van der Waals surface area contributed by atoms with E-state index in [0.29, 0.717) is 0 Å². The second-order valence-electron chi connectivity index (χ2n) is 5.59. The number of halogens is 14. The zero-order valence-corrected chi connectivity index (χ0v) is 11.6. The first-order valence-electron chi connectivity index (χ1n) is 5.80. The van der Waals surface area contributed by atoms with E-state index in [1.807, 2.05) is 0 Å². The van der Waals surface area contributed by atoms with Crippen LogP contribution in [0.25, 0.3) is 0 Å². The number of hydrogen-bond acceptors (Lipinski definition) is 0. The van der Waals surface area contributed by atoms with Gasteiger partial charge in [-0.15, -0.1) is 0 Å². The summed E-state index contributed by atoms with van der Waals surface area (Å²) in [5, 5.41) is -5.60. The fourth-order valence-corrected chi connectivity index (χ4v) is 3.34. The first kappa shape index (κ1) is 19.7. The van der Waals surface area contributed by atoms with Crippen molar-refractivity contribution in [2.45, 2.75) is 53.0 Å². The Kier molecular flexibility index (Phi) is 3.31. The summed E-state index contributed by atoms with van der Waals surface area (Å²) in [7, 11) is 0. The van der Waals surface area contributed by atoms with Crippen LogP contribution in [0.1, 0.15) is 6.92 Å². The van der Waals surface area contributed by atoms with Gasteiger partial charge in [0, 0.05) is 5.92 Å². The Labute approximate surface area is 128 Å².